The van der Waals surface area contributed by atoms with Crippen molar-refractivity contribution in [1.29, 1.82) is 0 Å². The lowest BCUT2D eigenvalue weighted by Crippen LogP contribution is -1.80. The predicted molar refractivity (Wildman–Crippen MR) is 84.7 cm³/mol. The summed E-state index contributed by atoms with van der Waals surface area (Å²) in [6, 6.07) is 12.1. The van der Waals surface area contributed by atoms with Crippen molar-refractivity contribution in [2.24, 2.45) is 0 Å². The molecule has 4 heteroatoms. The highest BCUT2D eigenvalue weighted by Crippen LogP contribution is 1.92. The zero-order valence-electron chi connectivity index (χ0n) is 12.6. The molecule has 0 aliphatic heterocycles. The van der Waals surface area contributed by atoms with Crippen LogP contribution in [0.1, 0.15) is 17.1 Å². The topological polar surface area (TPSA) is 51.6 Å². The summed E-state index contributed by atoms with van der Waals surface area (Å²) in [5, 5.41) is 0. The van der Waals surface area contributed by atoms with Gasteiger partial charge in [0.25, 0.3) is 0 Å². The minimum Gasteiger partial charge on any atom is -0.261 e. The van der Waals surface area contributed by atoms with Crippen molar-refractivity contribution in [2.75, 3.05) is 0 Å². The largest absolute Gasteiger partial charge is 0.261 e. The fourth-order valence-corrected chi connectivity index (χ4v) is 1.28. The van der Waals surface area contributed by atoms with E-state index in [1.54, 1.807) is 37.1 Å². The second kappa shape index (κ2) is 10.2. The molecule has 0 amide bonds. The molecule has 1 aromatic carbocycles. The molecule has 0 aliphatic carbocycles. The summed E-state index contributed by atoms with van der Waals surface area (Å²) in [6.07, 6.45) is 8.51. The molecule has 0 unspecified atom stereocenters. The van der Waals surface area contributed by atoms with Crippen LogP contribution in [0.15, 0.2) is 67.4 Å². The number of aromatic nitrogens is 4. The molecule has 0 N–H and O–H groups in total. The summed E-state index contributed by atoms with van der Waals surface area (Å²) in [6.45, 7) is 5.85. The van der Waals surface area contributed by atoms with Gasteiger partial charge in [0.05, 0.1) is 5.69 Å². The first kappa shape index (κ1) is 16.4. The van der Waals surface area contributed by atoms with Crippen LogP contribution in [0.25, 0.3) is 0 Å². The molecule has 0 fully saturated rings. The zero-order valence-corrected chi connectivity index (χ0v) is 12.6. The summed E-state index contributed by atoms with van der Waals surface area (Å²) in [5.41, 5.74) is 2.28. The van der Waals surface area contributed by atoms with Gasteiger partial charge in [-0.1, -0.05) is 35.9 Å². The van der Waals surface area contributed by atoms with E-state index in [4.69, 9.17) is 0 Å². The summed E-state index contributed by atoms with van der Waals surface area (Å²) < 4.78 is 0. The second-order valence-corrected chi connectivity index (χ2v) is 4.30. The van der Waals surface area contributed by atoms with Crippen LogP contribution in [0, 0.1) is 20.8 Å². The normalized spacial score (nSPS) is 8.71. The molecule has 21 heavy (non-hydrogen) atoms. The van der Waals surface area contributed by atoms with Crippen LogP contribution >= 0.6 is 0 Å². The van der Waals surface area contributed by atoms with Gasteiger partial charge in [0.2, 0.25) is 0 Å². The maximum atomic E-state index is 3.92. The van der Waals surface area contributed by atoms with E-state index >= 15 is 0 Å². The quantitative estimate of drug-likeness (QED) is 0.631. The average molecular weight is 280 g/mol. The Morgan fingerprint density at radius 2 is 1.33 bits per heavy atom. The number of rotatable bonds is 0. The highest BCUT2D eigenvalue weighted by atomic mass is 14.8. The SMILES string of the molecule is Cc1ccccc1.Cc1cnccn1.Cc1ncccn1. The molecule has 3 rings (SSSR count). The van der Waals surface area contributed by atoms with Crippen LogP contribution in [0.2, 0.25) is 0 Å². The summed E-state index contributed by atoms with van der Waals surface area (Å²) >= 11 is 0. The molecule has 0 atom stereocenters. The van der Waals surface area contributed by atoms with Gasteiger partial charge in [0.1, 0.15) is 5.82 Å². The number of hydrogen-bond acceptors (Lipinski definition) is 4. The van der Waals surface area contributed by atoms with E-state index in [-0.39, 0.29) is 0 Å². The maximum Gasteiger partial charge on any atom is 0.125 e. The van der Waals surface area contributed by atoms with Crippen LogP contribution in [0.5, 0.6) is 0 Å². The Balaban J connectivity index is 0.000000157. The first-order valence-corrected chi connectivity index (χ1v) is 6.66. The third-order valence-electron chi connectivity index (χ3n) is 2.33. The van der Waals surface area contributed by atoms with Gasteiger partial charge in [-0.25, -0.2) is 9.97 Å². The van der Waals surface area contributed by atoms with Crippen molar-refractivity contribution in [3.63, 3.8) is 0 Å². The predicted octanol–water partition coefficient (Wildman–Crippen LogP) is 3.57. The van der Waals surface area contributed by atoms with Gasteiger partial charge in [-0.15, -0.1) is 0 Å². The minimum atomic E-state index is 0.822. The summed E-state index contributed by atoms with van der Waals surface area (Å²) in [4.78, 5) is 15.5. The van der Waals surface area contributed by atoms with Gasteiger partial charge in [-0.05, 0) is 26.8 Å². The van der Waals surface area contributed by atoms with Gasteiger partial charge in [0.15, 0.2) is 0 Å². The molecule has 108 valence electrons. The lowest BCUT2D eigenvalue weighted by atomic mass is 10.2. The smallest absolute Gasteiger partial charge is 0.125 e. The molecule has 0 radical (unpaired) electrons. The Hall–Kier alpha value is -2.62. The molecule has 0 saturated carbocycles. The van der Waals surface area contributed by atoms with Crippen LogP contribution in [-0.2, 0) is 0 Å². The molecule has 0 aliphatic rings. The number of hydrogen-bond donors (Lipinski definition) is 0. The van der Waals surface area contributed by atoms with E-state index in [0.29, 0.717) is 0 Å². The van der Waals surface area contributed by atoms with E-state index < -0.39 is 0 Å². The maximum absolute atomic E-state index is 3.92. The van der Waals surface area contributed by atoms with Crippen LogP contribution in [-0.4, -0.2) is 19.9 Å². The van der Waals surface area contributed by atoms with Crippen molar-refractivity contribution < 1.29 is 0 Å². The summed E-state index contributed by atoms with van der Waals surface area (Å²) in [7, 11) is 0. The Bertz CT molecular complexity index is 494. The molecular formula is C17H20N4. The third-order valence-corrected chi connectivity index (χ3v) is 2.33. The highest BCUT2D eigenvalue weighted by molar-refractivity contribution is 5.11. The molecule has 2 heterocycles. The van der Waals surface area contributed by atoms with Crippen molar-refractivity contribution in [1.82, 2.24) is 19.9 Å². The van der Waals surface area contributed by atoms with Gasteiger partial charge in [0, 0.05) is 31.0 Å². The fourth-order valence-electron chi connectivity index (χ4n) is 1.28. The molecule has 3 aromatic rings. The lowest BCUT2D eigenvalue weighted by molar-refractivity contribution is 1.05. The first-order valence-electron chi connectivity index (χ1n) is 6.66. The average Bonchev–Trinajstić information content (AvgIpc) is 2.51. The Kier molecular flexibility index (Phi) is 7.98. The van der Waals surface area contributed by atoms with E-state index in [1.807, 2.05) is 32.0 Å². The molecule has 0 saturated heterocycles. The molecule has 0 bridgehead atoms. The first-order chi connectivity index (χ1) is 10.2. The number of benzene rings is 1. The molecule has 4 nitrogen and oxygen atoms in total. The fraction of sp³-hybridized carbons (Fsp3) is 0.176. The van der Waals surface area contributed by atoms with Gasteiger partial charge in [-0.2, -0.15) is 0 Å². The van der Waals surface area contributed by atoms with Crippen LogP contribution in [0.4, 0.5) is 0 Å². The van der Waals surface area contributed by atoms with Crippen molar-refractivity contribution in [3.05, 3.63) is 84.5 Å². The number of nitrogens with zero attached hydrogens (tertiary/aromatic N) is 4. The van der Waals surface area contributed by atoms with Crippen molar-refractivity contribution in [2.45, 2.75) is 20.8 Å². The van der Waals surface area contributed by atoms with E-state index in [9.17, 15) is 0 Å². The highest BCUT2D eigenvalue weighted by Gasteiger charge is 1.75. The van der Waals surface area contributed by atoms with Gasteiger partial charge >= 0.3 is 0 Å². The monoisotopic (exact) mass is 280 g/mol. The Morgan fingerprint density at radius 3 is 1.62 bits per heavy atom. The van der Waals surface area contributed by atoms with Gasteiger partial charge in [-0.3, -0.25) is 9.97 Å². The van der Waals surface area contributed by atoms with E-state index in [1.165, 1.54) is 5.56 Å². The van der Waals surface area contributed by atoms with Crippen molar-refractivity contribution >= 4 is 0 Å². The third kappa shape index (κ3) is 8.99. The van der Waals surface area contributed by atoms with Crippen LogP contribution in [0.3, 0.4) is 0 Å². The summed E-state index contributed by atoms with van der Waals surface area (Å²) in [5.74, 6) is 0.822. The van der Waals surface area contributed by atoms with E-state index in [0.717, 1.165) is 11.5 Å². The molecular weight excluding hydrogens is 260 g/mol. The lowest BCUT2D eigenvalue weighted by Gasteiger charge is -1.82. The Labute approximate surface area is 126 Å². The second-order valence-electron chi connectivity index (χ2n) is 4.30. The molecule has 2 aromatic heterocycles. The molecule has 0 spiro atoms. The van der Waals surface area contributed by atoms with E-state index in [2.05, 4.69) is 39.0 Å². The van der Waals surface area contributed by atoms with Crippen molar-refractivity contribution in [3.8, 4) is 0 Å². The van der Waals surface area contributed by atoms with Gasteiger partial charge < -0.3 is 0 Å². The Morgan fingerprint density at radius 1 is 0.667 bits per heavy atom. The standard InChI is InChI=1S/C7H8.2C5H6N2/c1-7-5-3-2-4-6-7;1-5-4-6-2-3-7-5;1-5-6-3-2-4-7-5/h2-6H,1H3;2*2-4H,1H3. The van der Waals surface area contributed by atoms with Crippen LogP contribution < -0.4 is 0 Å². The minimum absolute atomic E-state index is 0.822. The zero-order chi connectivity index (χ0) is 15.3. The number of aryl methyl sites for hydroxylation is 3.